The molecule has 188 valence electrons. The summed E-state index contributed by atoms with van der Waals surface area (Å²) in [5.74, 6) is 2.24. The molecule has 1 aliphatic rings. The number of phenols is 1. The maximum Gasteiger partial charge on any atom is 0.162 e. The Hall–Kier alpha value is -3.21. The van der Waals surface area contributed by atoms with Crippen LogP contribution in [-0.2, 0) is 4.74 Å². The molecule has 10 nitrogen and oxygen atoms in total. The normalized spacial score (nSPS) is 15.2. The van der Waals surface area contributed by atoms with Crippen molar-refractivity contribution in [2.45, 2.75) is 45.8 Å². The molecule has 1 unspecified atom stereocenters. The predicted octanol–water partition coefficient (Wildman–Crippen LogP) is 2.98. The quantitative estimate of drug-likeness (QED) is 0.360. The summed E-state index contributed by atoms with van der Waals surface area (Å²) in [5.41, 5.74) is 3.77. The monoisotopic (exact) mass is 483 g/mol. The Morgan fingerprint density at radius 1 is 1.14 bits per heavy atom. The second-order valence-electron chi connectivity index (χ2n) is 8.84. The van der Waals surface area contributed by atoms with E-state index in [1.54, 1.807) is 19.2 Å². The van der Waals surface area contributed by atoms with E-state index in [-0.39, 0.29) is 18.4 Å². The van der Waals surface area contributed by atoms with Gasteiger partial charge in [-0.2, -0.15) is 0 Å². The highest BCUT2D eigenvalue weighted by atomic mass is 16.5. The fourth-order valence-corrected chi connectivity index (χ4v) is 4.17. The Bertz CT molecular complexity index is 1140. The molecule has 4 N–H and O–H groups in total. The van der Waals surface area contributed by atoms with Crippen molar-refractivity contribution in [1.82, 2.24) is 20.4 Å². The zero-order valence-electron chi connectivity index (χ0n) is 20.6. The van der Waals surface area contributed by atoms with Crippen molar-refractivity contribution in [2.24, 2.45) is 0 Å². The number of nitrogens with zero attached hydrogens (tertiary/aromatic N) is 3. The third kappa shape index (κ3) is 5.90. The van der Waals surface area contributed by atoms with E-state index in [2.05, 4.69) is 15.8 Å². The van der Waals surface area contributed by atoms with Gasteiger partial charge in [-0.05, 0) is 52.8 Å². The number of hydrogen-bond donors (Lipinski definition) is 4. The first-order valence-corrected chi connectivity index (χ1v) is 11.8. The highest BCUT2D eigenvalue weighted by Gasteiger charge is 2.23. The SMILES string of the molecule is CNCC(O)COc1cc(O)cc(-c2nc(NC3CCOCC3)c(C)c(-c3c(C)noc3C)n2)c1. The van der Waals surface area contributed by atoms with Gasteiger partial charge in [0.05, 0.1) is 17.0 Å². The number of likely N-dealkylation sites (N-methyl/N-ethyl adjacent to an activating group) is 1. The molecule has 0 radical (unpaired) electrons. The average molecular weight is 484 g/mol. The molecule has 0 amide bonds. The Balaban J connectivity index is 1.75. The van der Waals surface area contributed by atoms with Gasteiger partial charge < -0.3 is 34.8 Å². The van der Waals surface area contributed by atoms with Crippen molar-refractivity contribution >= 4 is 5.82 Å². The summed E-state index contributed by atoms with van der Waals surface area (Å²) in [5, 5.41) is 30.9. The molecule has 4 rings (SSSR count). The number of ether oxygens (including phenoxy) is 2. The van der Waals surface area contributed by atoms with Gasteiger partial charge in [0.15, 0.2) is 5.82 Å². The van der Waals surface area contributed by atoms with Crippen LogP contribution < -0.4 is 15.4 Å². The Morgan fingerprint density at radius 3 is 2.60 bits per heavy atom. The molecular weight excluding hydrogens is 450 g/mol. The molecular formula is C25H33N5O5. The number of aryl methyl sites for hydroxylation is 2. The number of benzene rings is 1. The fraction of sp³-hybridized carbons (Fsp3) is 0.480. The van der Waals surface area contributed by atoms with Crippen LogP contribution in [-0.4, -0.2) is 70.9 Å². The number of phenolic OH excluding ortho intramolecular Hbond substituents is 1. The second-order valence-corrected chi connectivity index (χ2v) is 8.84. The summed E-state index contributed by atoms with van der Waals surface area (Å²) in [6.45, 7) is 7.62. The summed E-state index contributed by atoms with van der Waals surface area (Å²) in [4.78, 5) is 9.70. The molecule has 0 bridgehead atoms. The van der Waals surface area contributed by atoms with Crippen LogP contribution in [0, 0.1) is 20.8 Å². The molecule has 1 aromatic carbocycles. The zero-order valence-corrected chi connectivity index (χ0v) is 20.6. The molecule has 35 heavy (non-hydrogen) atoms. The van der Waals surface area contributed by atoms with Crippen LogP contribution in [0.2, 0.25) is 0 Å². The molecule has 0 saturated carbocycles. The molecule has 1 fully saturated rings. The Kier molecular flexibility index (Phi) is 7.84. The fourth-order valence-electron chi connectivity index (χ4n) is 4.17. The lowest BCUT2D eigenvalue weighted by Gasteiger charge is -2.25. The van der Waals surface area contributed by atoms with Crippen molar-refractivity contribution in [3.63, 3.8) is 0 Å². The zero-order chi connectivity index (χ0) is 24.9. The third-order valence-electron chi connectivity index (χ3n) is 6.01. The van der Waals surface area contributed by atoms with Crippen LogP contribution >= 0.6 is 0 Å². The lowest BCUT2D eigenvalue weighted by atomic mass is 10.0. The number of rotatable bonds is 9. The van der Waals surface area contributed by atoms with Gasteiger partial charge in [-0.15, -0.1) is 0 Å². The number of aliphatic hydroxyl groups excluding tert-OH is 1. The lowest BCUT2D eigenvalue weighted by molar-refractivity contribution is 0.0904. The number of aromatic nitrogens is 3. The van der Waals surface area contributed by atoms with Crippen LogP contribution in [0.25, 0.3) is 22.6 Å². The summed E-state index contributed by atoms with van der Waals surface area (Å²) in [6.07, 6.45) is 1.10. The molecule has 1 atom stereocenters. The van der Waals surface area contributed by atoms with Crippen molar-refractivity contribution in [3.05, 3.63) is 35.2 Å². The van der Waals surface area contributed by atoms with Gasteiger partial charge in [0.25, 0.3) is 0 Å². The first-order valence-electron chi connectivity index (χ1n) is 11.8. The van der Waals surface area contributed by atoms with E-state index in [1.165, 1.54) is 6.07 Å². The van der Waals surface area contributed by atoms with Gasteiger partial charge in [0, 0.05) is 43.0 Å². The summed E-state index contributed by atoms with van der Waals surface area (Å²) < 4.78 is 16.6. The number of aliphatic hydroxyl groups is 1. The number of hydrogen-bond acceptors (Lipinski definition) is 10. The largest absolute Gasteiger partial charge is 0.508 e. The van der Waals surface area contributed by atoms with Crippen molar-refractivity contribution < 1.29 is 24.2 Å². The topological polar surface area (TPSA) is 135 Å². The lowest BCUT2D eigenvalue weighted by Crippen LogP contribution is -2.29. The van der Waals surface area contributed by atoms with Gasteiger partial charge in [-0.25, -0.2) is 9.97 Å². The van der Waals surface area contributed by atoms with E-state index in [0.29, 0.717) is 48.5 Å². The maximum atomic E-state index is 10.4. The molecule has 2 aromatic heterocycles. The minimum absolute atomic E-state index is 0.0163. The Labute approximate surface area is 204 Å². The highest BCUT2D eigenvalue weighted by Crippen LogP contribution is 2.35. The number of aromatic hydroxyl groups is 1. The van der Waals surface area contributed by atoms with Crippen LogP contribution in [0.1, 0.15) is 29.9 Å². The molecule has 1 saturated heterocycles. The molecule has 0 spiro atoms. The van der Waals surface area contributed by atoms with Crippen LogP contribution in [0.4, 0.5) is 5.82 Å². The van der Waals surface area contributed by atoms with Gasteiger partial charge >= 0.3 is 0 Å². The number of nitrogens with one attached hydrogen (secondary N) is 2. The van der Waals surface area contributed by atoms with Crippen LogP contribution in [0.5, 0.6) is 11.5 Å². The van der Waals surface area contributed by atoms with Crippen LogP contribution in [0.3, 0.4) is 0 Å². The summed E-state index contributed by atoms with van der Waals surface area (Å²) >= 11 is 0. The second kappa shape index (κ2) is 11.0. The van der Waals surface area contributed by atoms with E-state index < -0.39 is 6.10 Å². The van der Waals surface area contributed by atoms with E-state index >= 15 is 0 Å². The van der Waals surface area contributed by atoms with E-state index in [4.69, 9.17) is 24.0 Å². The molecule has 10 heteroatoms. The van der Waals surface area contributed by atoms with Crippen molar-refractivity contribution in [1.29, 1.82) is 0 Å². The maximum absolute atomic E-state index is 10.4. The molecule has 1 aliphatic heterocycles. The Morgan fingerprint density at radius 2 is 1.91 bits per heavy atom. The molecule has 3 aromatic rings. The van der Waals surface area contributed by atoms with Gasteiger partial charge in [-0.1, -0.05) is 5.16 Å². The molecule has 0 aliphatic carbocycles. The van der Waals surface area contributed by atoms with Crippen molar-refractivity contribution in [2.75, 3.05) is 38.7 Å². The van der Waals surface area contributed by atoms with E-state index in [1.807, 2.05) is 20.8 Å². The van der Waals surface area contributed by atoms with Gasteiger partial charge in [0.2, 0.25) is 0 Å². The smallest absolute Gasteiger partial charge is 0.162 e. The third-order valence-corrected chi connectivity index (χ3v) is 6.01. The van der Waals surface area contributed by atoms with E-state index in [0.717, 1.165) is 35.4 Å². The minimum atomic E-state index is -0.678. The average Bonchev–Trinajstić information content (AvgIpc) is 3.17. The highest BCUT2D eigenvalue weighted by molar-refractivity contribution is 5.75. The predicted molar refractivity (Wildman–Crippen MR) is 132 cm³/mol. The first kappa shape index (κ1) is 24.9. The van der Waals surface area contributed by atoms with Gasteiger partial charge in [-0.3, -0.25) is 0 Å². The van der Waals surface area contributed by atoms with E-state index in [9.17, 15) is 10.2 Å². The van der Waals surface area contributed by atoms with Crippen molar-refractivity contribution in [3.8, 4) is 34.1 Å². The standard InChI is InChI=1S/C25H33N5O5/c1-14-23(22-15(2)30-35-16(22)3)28-25(29-24(14)27-18-5-7-33-8-6-18)17-9-19(31)11-21(10-17)34-13-20(32)12-26-4/h9-11,18,20,26,31-32H,5-8,12-13H2,1-4H3,(H,27,28,29). The summed E-state index contributed by atoms with van der Waals surface area (Å²) in [6, 6.07) is 5.09. The summed E-state index contributed by atoms with van der Waals surface area (Å²) in [7, 11) is 1.76. The van der Waals surface area contributed by atoms with Crippen LogP contribution in [0.15, 0.2) is 22.7 Å². The number of anilines is 1. The first-order chi connectivity index (χ1) is 16.9. The molecule has 3 heterocycles. The minimum Gasteiger partial charge on any atom is -0.508 e. The van der Waals surface area contributed by atoms with Gasteiger partial charge in [0.1, 0.15) is 35.8 Å².